The Labute approximate surface area is 145 Å². The molecular formula is C16H19N5O3S. The summed E-state index contributed by atoms with van der Waals surface area (Å²) >= 11 is 0. The van der Waals surface area contributed by atoms with Gasteiger partial charge in [0.2, 0.25) is 0 Å². The first-order valence-electron chi connectivity index (χ1n) is 8.06. The highest BCUT2D eigenvalue weighted by Gasteiger charge is 2.22. The highest BCUT2D eigenvalue weighted by Crippen LogP contribution is 2.29. The number of aryl methyl sites for hydroxylation is 2. The third-order valence-electron chi connectivity index (χ3n) is 4.35. The number of hydrogen-bond acceptors (Lipinski definition) is 5. The highest BCUT2D eigenvalue weighted by atomic mass is 32.2. The number of ether oxygens (including phenoxy) is 1. The van der Waals surface area contributed by atoms with Gasteiger partial charge >= 0.3 is 0 Å². The predicted octanol–water partition coefficient (Wildman–Crippen LogP) is 2.26. The maximum atomic E-state index is 12.5. The zero-order valence-corrected chi connectivity index (χ0v) is 14.8. The summed E-state index contributed by atoms with van der Waals surface area (Å²) in [7, 11) is -1.98. The summed E-state index contributed by atoms with van der Waals surface area (Å²) in [6.07, 6.45) is 3.44. The standard InChI is InChI=1S/C16H19N5O3S/c1-10-17-15(9-21(10)2)25(22,23)20-11-5-6-12-13(8-11)19-16(18-12)14-4-3-7-24-14/h5-6,8-9,14,20H,3-4,7H2,1-2H3,(H,18,19). The summed E-state index contributed by atoms with van der Waals surface area (Å²) < 4.78 is 34.8. The summed E-state index contributed by atoms with van der Waals surface area (Å²) in [5.74, 6) is 1.42. The maximum absolute atomic E-state index is 12.5. The summed E-state index contributed by atoms with van der Waals surface area (Å²) in [5.41, 5.74) is 2.00. The molecule has 0 radical (unpaired) electrons. The number of rotatable bonds is 4. The van der Waals surface area contributed by atoms with Gasteiger partial charge in [-0.3, -0.25) is 4.72 Å². The fourth-order valence-corrected chi connectivity index (χ4v) is 3.99. The van der Waals surface area contributed by atoms with Gasteiger partial charge in [0.15, 0.2) is 5.03 Å². The molecule has 4 rings (SSSR count). The minimum atomic E-state index is -3.73. The minimum absolute atomic E-state index is 0.00254. The molecule has 2 aromatic heterocycles. The zero-order valence-electron chi connectivity index (χ0n) is 14.0. The summed E-state index contributed by atoms with van der Waals surface area (Å²) in [5, 5.41) is -0.00254. The lowest BCUT2D eigenvalue weighted by molar-refractivity contribution is 0.106. The maximum Gasteiger partial charge on any atom is 0.280 e. The molecule has 1 atom stereocenters. The summed E-state index contributed by atoms with van der Waals surface area (Å²) in [6, 6.07) is 5.20. The number of aromatic nitrogens is 4. The lowest BCUT2D eigenvalue weighted by Crippen LogP contribution is -2.13. The van der Waals surface area contributed by atoms with Crippen LogP contribution in [0.4, 0.5) is 5.69 Å². The average molecular weight is 361 g/mol. The van der Waals surface area contributed by atoms with Crippen LogP contribution in [0.1, 0.15) is 30.6 Å². The van der Waals surface area contributed by atoms with E-state index in [9.17, 15) is 8.42 Å². The van der Waals surface area contributed by atoms with Crippen LogP contribution in [0.2, 0.25) is 0 Å². The van der Waals surface area contributed by atoms with E-state index in [2.05, 4.69) is 19.7 Å². The van der Waals surface area contributed by atoms with Crippen molar-refractivity contribution in [3.8, 4) is 0 Å². The van der Waals surface area contributed by atoms with Gasteiger partial charge in [-0.2, -0.15) is 8.42 Å². The van der Waals surface area contributed by atoms with Crippen LogP contribution in [0, 0.1) is 6.92 Å². The second kappa shape index (κ2) is 5.85. The van der Waals surface area contributed by atoms with Crippen LogP contribution < -0.4 is 4.72 Å². The number of sulfonamides is 1. The van der Waals surface area contributed by atoms with Crippen LogP contribution in [0.15, 0.2) is 29.4 Å². The quantitative estimate of drug-likeness (QED) is 0.742. The van der Waals surface area contributed by atoms with Gasteiger partial charge in [-0.15, -0.1) is 0 Å². The molecule has 0 spiro atoms. The number of benzene rings is 1. The van der Waals surface area contributed by atoms with E-state index in [-0.39, 0.29) is 11.1 Å². The van der Waals surface area contributed by atoms with Crippen molar-refractivity contribution >= 4 is 26.7 Å². The third kappa shape index (κ3) is 3.00. The topological polar surface area (TPSA) is 102 Å². The van der Waals surface area contributed by atoms with Crippen molar-refractivity contribution in [1.82, 2.24) is 19.5 Å². The van der Waals surface area contributed by atoms with Gasteiger partial charge in [0.1, 0.15) is 17.8 Å². The zero-order chi connectivity index (χ0) is 17.6. The van der Waals surface area contributed by atoms with E-state index in [1.165, 1.54) is 6.20 Å². The van der Waals surface area contributed by atoms with Gasteiger partial charge in [0.25, 0.3) is 10.0 Å². The Balaban J connectivity index is 1.62. The van der Waals surface area contributed by atoms with Crippen molar-refractivity contribution in [3.05, 3.63) is 36.0 Å². The van der Waals surface area contributed by atoms with E-state index >= 15 is 0 Å². The molecule has 1 aromatic carbocycles. The molecule has 132 valence electrons. The van der Waals surface area contributed by atoms with E-state index in [0.717, 1.165) is 36.3 Å². The van der Waals surface area contributed by atoms with Crippen LogP contribution in [0.25, 0.3) is 11.0 Å². The van der Waals surface area contributed by atoms with Gasteiger partial charge in [0, 0.05) is 19.9 Å². The molecule has 25 heavy (non-hydrogen) atoms. The number of hydrogen-bond donors (Lipinski definition) is 2. The Hall–Kier alpha value is -2.39. The molecule has 1 aliphatic heterocycles. The number of nitrogens with one attached hydrogen (secondary N) is 2. The third-order valence-corrected chi connectivity index (χ3v) is 5.60. The second-order valence-corrected chi connectivity index (χ2v) is 7.83. The first-order valence-corrected chi connectivity index (χ1v) is 9.55. The number of nitrogens with zero attached hydrogens (tertiary/aromatic N) is 3. The smallest absolute Gasteiger partial charge is 0.280 e. The van der Waals surface area contributed by atoms with Crippen molar-refractivity contribution in [2.24, 2.45) is 7.05 Å². The average Bonchev–Trinajstić information content (AvgIpc) is 3.27. The fourth-order valence-electron chi connectivity index (χ4n) is 2.90. The van der Waals surface area contributed by atoms with E-state index in [0.29, 0.717) is 11.5 Å². The molecular weight excluding hydrogens is 342 g/mol. The van der Waals surface area contributed by atoms with Gasteiger partial charge in [-0.1, -0.05) is 0 Å². The molecule has 3 heterocycles. The van der Waals surface area contributed by atoms with Gasteiger partial charge < -0.3 is 14.3 Å². The number of aromatic amines is 1. The van der Waals surface area contributed by atoms with Gasteiger partial charge in [0.05, 0.1) is 16.7 Å². The Morgan fingerprint density at radius 1 is 1.36 bits per heavy atom. The van der Waals surface area contributed by atoms with Gasteiger partial charge in [-0.05, 0) is 38.0 Å². The molecule has 2 N–H and O–H groups in total. The predicted molar refractivity (Wildman–Crippen MR) is 92.8 cm³/mol. The molecule has 0 saturated carbocycles. The van der Waals surface area contributed by atoms with Crippen molar-refractivity contribution in [2.75, 3.05) is 11.3 Å². The molecule has 0 bridgehead atoms. The lowest BCUT2D eigenvalue weighted by atomic mass is 10.2. The first kappa shape index (κ1) is 16.1. The molecule has 8 nitrogen and oxygen atoms in total. The van der Waals surface area contributed by atoms with E-state index in [4.69, 9.17) is 4.74 Å². The van der Waals surface area contributed by atoms with E-state index in [1.54, 1.807) is 36.7 Å². The molecule has 3 aromatic rings. The lowest BCUT2D eigenvalue weighted by Gasteiger charge is -2.05. The molecule has 1 aliphatic rings. The summed E-state index contributed by atoms with van der Waals surface area (Å²) in [6.45, 7) is 2.50. The van der Waals surface area contributed by atoms with Crippen LogP contribution >= 0.6 is 0 Å². The monoisotopic (exact) mass is 361 g/mol. The van der Waals surface area contributed by atoms with E-state index in [1.807, 2.05) is 0 Å². The normalized spacial score (nSPS) is 18.1. The van der Waals surface area contributed by atoms with Crippen LogP contribution in [0.5, 0.6) is 0 Å². The number of anilines is 1. The molecule has 9 heteroatoms. The second-order valence-electron chi connectivity index (χ2n) is 6.20. The van der Waals surface area contributed by atoms with E-state index < -0.39 is 10.0 Å². The summed E-state index contributed by atoms with van der Waals surface area (Å²) in [4.78, 5) is 11.8. The highest BCUT2D eigenvalue weighted by molar-refractivity contribution is 7.92. The Morgan fingerprint density at radius 3 is 2.88 bits per heavy atom. The van der Waals surface area contributed by atoms with Gasteiger partial charge in [-0.25, -0.2) is 9.97 Å². The van der Waals surface area contributed by atoms with Crippen molar-refractivity contribution in [2.45, 2.75) is 30.9 Å². The first-order chi connectivity index (χ1) is 11.9. The van der Waals surface area contributed by atoms with Crippen LogP contribution in [-0.4, -0.2) is 34.5 Å². The van der Waals surface area contributed by atoms with Crippen LogP contribution in [0.3, 0.4) is 0 Å². The van der Waals surface area contributed by atoms with Crippen LogP contribution in [-0.2, 0) is 21.8 Å². The number of H-pyrrole nitrogens is 1. The van der Waals surface area contributed by atoms with Crippen molar-refractivity contribution < 1.29 is 13.2 Å². The fraction of sp³-hybridized carbons (Fsp3) is 0.375. The largest absolute Gasteiger partial charge is 0.370 e. The molecule has 1 unspecified atom stereocenters. The molecule has 1 saturated heterocycles. The Kier molecular flexibility index (Phi) is 3.77. The SMILES string of the molecule is Cc1nc(S(=O)(=O)Nc2ccc3nc(C4CCCO4)[nH]c3c2)cn1C. The Morgan fingerprint density at radius 2 is 2.20 bits per heavy atom. The van der Waals surface area contributed by atoms with Crippen molar-refractivity contribution in [3.63, 3.8) is 0 Å². The number of fused-ring (bicyclic) bond motifs is 1. The minimum Gasteiger partial charge on any atom is -0.370 e. The van der Waals surface area contributed by atoms with Crippen molar-refractivity contribution in [1.29, 1.82) is 0 Å². The molecule has 0 aliphatic carbocycles. The molecule has 1 fully saturated rings. The Bertz CT molecular complexity index is 1010. The number of imidazole rings is 2. The molecule has 0 amide bonds.